The summed E-state index contributed by atoms with van der Waals surface area (Å²) < 4.78 is 32.8. The summed E-state index contributed by atoms with van der Waals surface area (Å²) in [6.45, 7) is 0. The molecule has 0 spiro atoms. The Kier molecular flexibility index (Phi) is 5.27. The third kappa shape index (κ3) is 3.82. The van der Waals surface area contributed by atoms with Crippen LogP contribution >= 0.6 is 23.1 Å². The van der Waals surface area contributed by atoms with Crippen LogP contribution in [0, 0.1) is 11.6 Å². The average Bonchev–Trinajstić information content (AvgIpc) is 3.04. The molecule has 0 aliphatic rings. The molecule has 124 valence electrons. The van der Waals surface area contributed by atoms with Gasteiger partial charge in [-0.05, 0) is 18.2 Å². The third-order valence-corrected chi connectivity index (χ3v) is 5.16. The lowest BCUT2D eigenvalue weighted by Crippen LogP contribution is -1.93. The van der Waals surface area contributed by atoms with Crippen LogP contribution in [0.5, 0.6) is 5.75 Å². The molecule has 0 fully saturated rings. The van der Waals surface area contributed by atoms with Gasteiger partial charge in [-0.25, -0.2) is 8.78 Å². The number of hydrogen-bond donors (Lipinski definition) is 1. The first-order chi connectivity index (χ1) is 11.7. The van der Waals surface area contributed by atoms with Crippen molar-refractivity contribution in [3.05, 3.63) is 59.7 Å². The van der Waals surface area contributed by atoms with Crippen LogP contribution < -0.4 is 10.1 Å². The molecule has 0 saturated carbocycles. The molecular weight excluding hydrogens is 352 g/mol. The van der Waals surface area contributed by atoms with Crippen LogP contribution in [-0.2, 0) is 5.75 Å². The number of para-hydroxylation sites is 2. The highest BCUT2D eigenvalue weighted by molar-refractivity contribution is 8.00. The van der Waals surface area contributed by atoms with Gasteiger partial charge in [0, 0.05) is 11.3 Å². The number of benzene rings is 2. The van der Waals surface area contributed by atoms with E-state index in [1.807, 2.05) is 24.3 Å². The van der Waals surface area contributed by atoms with Gasteiger partial charge in [0.15, 0.2) is 16.0 Å². The molecule has 0 atom stereocenters. The highest BCUT2D eigenvalue weighted by Crippen LogP contribution is 2.33. The van der Waals surface area contributed by atoms with E-state index < -0.39 is 11.6 Å². The summed E-state index contributed by atoms with van der Waals surface area (Å²) in [6.07, 6.45) is 0. The monoisotopic (exact) mass is 365 g/mol. The minimum atomic E-state index is -0.844. The maximum absolute atomic E-state index is 13.6. The fraction of sp³-hybridized carbons (Fsp3) is 0.125. The molecule has 0 radical (unpaired) electrons. The molecular formula is C16H13F2N3OS2. The van der Waals surface area contributed by atoms with E-state index in [1.165, 1.54) is 29.2 Å². The predicted molar refractivity (Wildman–Crippen MR) is 92.1 cm³/mol. The molecule has 2 aromatic carbocycles. The fourth-order valence-corrected chi connectivity index (χ4v) is 3.72. The summed E-state index contributed by atoms with van der Waals surface area (Å²) in [6, 6.07) is 11.6. The molecule has 1 aromatic heterocycles. The Hall–Kier alpha value is -2.19. The van der Waals surface area contributed by atoms with Crippen LogP contribution in [0.3, 0.4) is 0 Å². The molecule has 0 bridgehead atoms. The molecule has 0 aliphatic carbocycles. The van der Waals surface area contributed by atoms with Gasteiger partial charge in [0.25, 0.3) is 0 Å². The van der Waals surface area contributed by atoms with Crippen molar-refractivity contribution < 1.29 is 13.5 Å². The van der Waals surface area contributed by atoms with Gasteiger partial charge < -0.3 is 10.1 Å². The van der Waals surface area contributed by atoms with Crippen molar-refractivity contribution in [2.24, 2.45) is 0 Å². The molecule has 1 N–H and O–H groups in total. The van der Waals surface area contributed by atoms with Crippen LogP contribution in [0.2, 0.25) is 0 Å². The summed E-state index contributed by atoms with van der Waals surface area (Å²) >= 11 is 2.64. The normalized spacial score (nSPS) is 10.6. The minimum Gasteiger partial charge on any atom is -0.495 e. The summed E-state index contributed by atoms with van der Waals surface area (Å²) in [4.78, 5) is 0. The molecule has 3 rings (SSSR count). The van der Waals surface area contributed by atoms with Crippen molar-refractivity contribution >= 4 is 33.9 Å². The number of thioether (sulfide) groups is 1. The molecule has 3 aromatic rings. The van der Waals surface area contributed by atoms with Crippen molar-refractivity contribution in [3.8, 4) is 5.75 Å². The van der Waals surface area contributed by atoms with E-state index in [1.54, 1.807) is 13.2 Å². The zero-order chi connectivity index (χ0) is 16.9. The summed E-state index contributed by atoms with van der Waals surface area (Å²) in [5.74, 6) is -0.679. The topological polar surface area (TPSA) is 47.0 Å². The number of rotatable bonds is 6. The fourth-order valence-electron chi connectivity index (χ4n) is 1.98. The second kappa shape index (κ2) is 7.59. The van der Waals surface area contributed by atoms with Gasteiger partial charge in [0.05, 0.1) is 12.8 Å². The Morgan fingerprint density at radius 3 is 2.79 bits per heavy atom. The molecule has 4 nitrogen and oxygen atoms in total. The van der Waals surface area contributed by atoms with Crippen molar-refractivity contribution in [2.45, 2.75) is 10.1 Å². The van der Waals surface area contributed by atoms with Crippen molar-refractivity contribution in [3.63, 3.8) is 0 Å². The van der Waals surface area contributed by atoms with Crippen molar-refractivity contribution in [2.75, 3.05) is 12.4 Å². The number of anilines is 2. The van der Waals surface area contributed by atoms with E-state index in [9.17, 15) is 8.78 Å². The third-order valence-electron chi connectivity index (χ3n) is 3.14. The summed E-state index contributed by atoms with van der Waals surface area (Å²) in [7, 11) is 1.59. The van der Waals surface area contributed by atoms with Crippen LogP contribution in [0.4, 0.5) is 19.6 Å². The number of ether oxygens (including phenoxy) is 1. The van der Waals surface area contributed by atoms with E-state index in [4.69, 9.17) is 4.74 Å². The first-order valence-electron chi connectivity index (χ1n) is 6.96. The standard InChI is InChI=1S/C16H13F2N3OS2/c1-22-13-8-3-2-7-12(13)19-15-20-21-16(24-15)23-9-10-5-4-6-11(17)14(10)18/h2-8H,9H2,1H3,(H,19,20). The smallest absolute Gasteiger partial charge is 0.210 e. The van der Waals surface area contributed by atoms with Crippen molar-refractivity contribution in [1.82, 2.24) is 10.2 Å². The predicted octanol–water partition coefficient (Wildman–Crippen LogP) is 4.86. The first kappa shape index (κ1) is 16.7. The minimum absolute atomic E-state index is 0.285. The maximum atomic E-state index is 13.6. The quantitative estimate of drug-likeness (QED) is 0.632. The van der Waals surface area contributed by atoms with Gasteiger partial charge in [0.2, 0.25) is 5.13 Å². The molecule has 0 unspecified atom stereocenters. The highest BCUT2D eigenvalue weighted by atomic mass is 32.2. The largest absolute Gasteiger partial charge is 0.495 e. The SMILES string of the molecule is COc1ccccc1Nc1nnc(SCc2cccc(F)c2F)s1. The lowest BCUT2D eigenvalue weighted by Gasteiger charge is -2.07. The molecule has 0 amide bonds. The molecule has 0 aliphatic heterocycles. The van der Waals surface area contributed by atoms with Gasteiger partial charge in [-0.3, -0.25) is 0 Å². The number of nitrogens with zero attached hydrogens (tertiary/aromatic N) is 2. The van der Waals surface area contributed by atoms with E-state index in [0.29, 0.717) is 20.8 Å². The zero-order valence-electron chi connectivity index (χ0n) is 12.6. The Balaban J connectivity index is 1.66. The molecule has 8 heteroatoms. The Labute approximate surface area is 145 Å². The first-order valence-corrected chi connectivity index (χ1v) is 8.77. The number of methoxy groups -OCH3 is 1. The van der Waals surface area contributed by atoms with Gasteiger partial charge in [-0.15, -0.1) is 10.2 Å². The number of hydrogen-bond acceptors (Lipinski definition) is 6. The van der Waals surface area contributed by atoms with E-state index in [-0.39, 0.29) is 5.75 Å². The number of halogens is 2. The van der Waals surface area contributed by atoms with Crippen molar-refractivity contribution in [1.29, 1.82) is 0 Å². The lowest BCUT2D eigenvalue weighted by molar-refractivity contribution is 0.417. The Morgan fingerprint density at radius 1 is 1.12 bits per heavy atom. The van der Waals surface area contributed by atoms with E-state index >= 15 is 0 Å². The summed E-state index contributed by atoms with van der Waals surface area (Å²) in [5, 5.41) is 11.8. The van der Waals surface area contributed by atoms with Gasteiger partial charge in [-0.2, -0.15) is 0 Å². The lowest BCUT2D eigenvalue weighted by atomic mass is 10.2. The second-order valence-corrected chi connectivity index (χ2v) is 6.90. The second-order valence-electron chi connectivity index (χ2n) is 4.70. The van der Waals surface area contributed by atoms with E-state index in [2.05, 4.69) is 15.5 Å². The van der Waals surface area contributed by atoms with Gasteiger partial charge in [0.1, 0.15) is 5.75 Å². The van der Waals surface area contributed by atoms with E-state index in [0.717, 1.165) is 11.8 Å². The van der Waals surface area contributed by atoms with Gasteiger partial charge >= 0.3 is 0 Å². The van der Waals surface area contributed by atoms with Crippen LogP contribution in [0.1, 0.15) is 5.56 Å². The van der Waals surface area contributed by atoms with Crippen LogP contribution in [0.15, 0.2) is 46.8 Å². The zero-order valence-corrected chi connectivity index (χ0v) is 14.3. The number of aromatic nitrogens is 2. The maximum Gasteiger partial charge on any atom is 0.210 e. The molecule has 1 heterocycles. The highest BCUT2D eigenvalue weighted by Gasteiger charge is 2.11. The van der Waals surface area contributed by atoms with Crippen LogP contribution in [0.25, 0.3) is 0 Å². The molecule has 24 heavy (non-hydrogen) atoms. The summed E-state index contributed by atoms with van der Waals surface area (Å²) in [5.41, 5.74) is 1.08. The molecule has 0 saturated heterocycles. The Morgan fingerprint density at radius 2 is 1.96 bits per heavy atom. The van der Waals surface area contributed by atoms with Gasteiger partial charge in [-0.1, -0.05) is 47.4 Å². The number of nitrogens with one attached hydrogen (secondary N) is 1. The van der Waals surface area contributed by atoms with Crippen LogP contribution in [-0.4, -0.2) is 17.3 Å². The average molecular weight is 365 g/mol. The Bertz CT molecular complexity index is 842.